The van der Waals surface area contributed by atoms with Crippen molar-refractivity contribution < 1.29 is 0 Å². The summed E-state index contributed by atoms with van der Waals surface area (Å²) in [7, 11) is 0. The molecule has 0 aliphatic carbocycles. The van der Waals surface area contributed by atoms with Gasteiger partial charge in [-0.15, -0.1) is 16.4 Å². The Balaban J connectivity index is 2.45. The van der Waals surface area contributed by atoms with Crippen LogP contribution in [0.2, 0.25) is 0 Å². The summed E-state index contributed by atoms with van der Waals surface area (Å²) >= 11 is 1.52. The fourth-order valence-corrected chi connectivity index (χ4v) is 1.35. The Morgan fingerprint density at radius 2 is 2.45 bits per heavy atom. The molecule has 0 aliphatic rings. The van der Waals surface area contributed by atoms with E-state index in [2.05, 4.69) is 10.1 Å². The van der Waals surface area contributed by atoms with E-state index in [0.717, 1.165) is 5.13 Å². The molecule has 11 heavy (non-hydrogen) atoms. The zero-order chi connectivity index (χ0) is 7.68. The minimum atomic E-state index is 0.514. The van der Waals surface area contributed by atoms with Gasteiger partial charge >= 0.3 is 0 Å². The minimum absolute atomic E-state index is 0.514. The van der Waals surface area contributed by atoms with Crippen molar-refractivity contribution in [2.24, 2.45) is 0 Å². The van der Waals surface area contributed by atoms with Crippen molar-refractivity contribution in [3.05, 3.63) is 23.8 Å². The third-order valence-corrected chi connectivity index (χ3v) is 1.99. The van der Waals surface area contributed by atoms with Gasteiger partial charge in [0.05, 0.1) is 0 Å². The predicted molar refractivity (Wildman–Crippen MR) is 43.6 cm³/mol. The standard InChI is InChI=1S/C6H6N4S/c7-5-1-3-10(9-5)6-8-2-4-11-6/h1-4H,(H2,7,9). The van der Waals surface area contributed by atoms with E-state index in [-0.39, 0.29) is 0 Å². The molecule has 0 saturated carbocycles. The molecule has 2 N–H and O–H groups in total. The van der Waals surface area contributed by atoms with Crippen LogP contribution in [0, 0.1) is 0 Å². The Hall–Kier alpha value is -1.36. The molecular weight excluding hydrogens is 160 g/mol. The van der Waals surface area contributed by atoms with Gasteiger partial charge < -0.3 is 5.73 Å². The van der Waals surface area contributed by atoms with Gasteiger partial charge in [0.25, 0.3) is 0 Å². The van der Waals surface area contributed by atoms with E-state index in [9.17, 15) is 0 Å². The number of anilines is 1. The van der Waals surface area contributed by atoms with Gasteiger partial charge in [-0.3, -0.25) is 0 Å². The molecule has 0 aliphatic heterocycles. The first-order valence-corrected chi connectivity index (χ1v) is 3.95. The van der Waals surface area contributed by atoms with E-state index >= 15 is 0 Å². The van der Waals surface area contributed by atoms with Crippen LogP contribution in [0.3, 0.4) is 0 Å². The zero-order valence-corrected chi connectivity index (χ0v) is 6.45. The predicted octanol–water partition coefficient (Wildman–Crippen LogP) is 0.911. The van der Waals surface area contributed by atoms with Gasteiger partial charge in [-0.1, -0.05) is 0 Å². The monoisotopic (exact) mass is 166 g/mol. The summed E-state index contributed by atoms with van der Waals surface area (Å²) in [5, 5.41) is 6.73. The van der Waals surface area contributed by atoms with Crippen molar-refractivity contribution in [2.75, 3.05) is 5.73 Å². The summed E-state index contributed by atoms with van der Waals surface area (Å²) in [6, 6.07) is 1.74. The molecule has 5 heteroatoms. The average molecular weight is 166 g/mol. The van der Waals surface area contributed by atoms with Crippen LogP contribution in [-0.2, 0) is 0 Å². The number of hydrogen-bond donors (Lipinski definition) is 1. The Morgan fingerprint density at radius 3 is 3.00 bits per heavy atom. The van der Waals surface area contributed by atoms with Crippen molar-refractivity contribution >= 4 is 17.2 Å². The van der Waals surface area contributed by atoms with Crippen LogP contribution in [0.1, 0.15) is 0 Å². The third-order valence-electron chi connectivity index (χ3n) is 1.22. The molecule has 2 aromatic rings. The fraction of sp³-hybridized carbons (Fsp3) is 0. The van der Waals surface area contributed by atoms with Crippen molar-refractivity contribution in [3.63, 3.8) is 0 Å². The molecule has 0 radical (unpaired) electrons. The van der Waals surface area contributed by atoms with Crippen molar-refractivity contribution in [1.82, 2.24) is 14.8 Å². The lowest BCUT2D eigenvalue weighted by atomic mass is 10.7. The Labute approximate surface area is 67.3 Å². The van der Waals surface area contributed by atoms with Crippen molar-refractivity contribution in [1.29, 1.82) is 0 Å². The molecular formula is C6H6N4S. The summed E-state index contributed by atoms with van der Waals surface area (Å²) in [5.74, 6) is 0.514. The lowest BCUT2D eigenvalue weighted by molar-refractivity contribution is 0.875. The largest absolute Gasteiger partial charge is 0.382 e. The summed E-state index contributed by atoms with van der Waals surface area (Å²) in [5.41, 5.74) is 5.43. The second kappa shape index (κ2) is 2.35. The Morgan fingerprint density at radius 1 is 1.55 bits per heavy atom. The zero-order valence-electron chi connectivity index (χ0n) is 5.64. The first-order chi connectivity index (χ1) is 5.36. The molecule has 56 valence electrons. The molecule has 2 heterocycles. The fourth-order valence-electron chi connectivity index (χ4n) is 0.774. The number of rotatable bonds is 1. The van der Waals surface area contributed by atoms with Gasteiger partial charge in [0, 0.05) is 23.8 Å². The maximum absolute atomic E-state index is 5.43. The molecule has 2 rings (SSSR count). The van der Waals surface area contributed by atoms with E-state index in [1.165, 1.54) is 11.3 Å². The highest BCUT2D eigenvalue weighted by atomic mass is 32.1. The first-order valence-electron chi connectivity index (χ1n) is 3.07. The first kappa shape index (κ1) is 6.36. The second-order valence-electron chi connectivity index (χ2n) is 2.00. The molecule has 0 bridgehead atoms. The van der Waals surface area contributed by atoms with Gasteiger partial charge in [-0.25, -0.2) is 9.67 Å². The highest BCUT2D eigenvalue weighted by Crippen LogP contribution is 2.10. The minimum Gasteiger partial charge on any atom is -0.382 e. The number of hydrogen-bond acceptors (Lipinski definition) is 4. The summed E-state index contributed by atoms with van der Waals surface area (Å²) in [6.45, 7) is 0. The lowest BCUT2D eigenvalue weighted by Gasteiger charge is -1.90. The second-order valence-corrected chi connectivity index (χ2v) is 2.87. The van der Waals surface area contributed by atoms with Gasteiger partial charge in [-0.2, -0.15) is 0 Å². The van der Waals surface area contributed by atoms with Crippen LogP contribution in [-0.4, -0.2) is 14.8 Å². The van der Waals surface area contributed by atoms with Gasteiger partial charge in [0.15, 0.2) is 0 Å². The highest BCUT2D eigenvalue weighted by molar-refractivity contribution is 7.12. The summed E-state index contributed by atoms with van der Waals surface area (Å²) < 4.78 is 1.65. The average Bonchev–Trinajstić information content (AvgIpc) is 2.55. The van der Waals surface area contributed by atoms with E-state index < -0.39 is 0 Å². The van der Waals surface area contributed by atoms with E-state index in [1.54, 1.807) is 23.1 Å². The molecule has 0 atom stereocenters. The van der Waals surface area contributed by atoms with E-state index in [0.29, 0.717) is 5.82 Å². The number of nitrogens with two attached hydrogens (primary N) is 1. The normalized spacial score (nSPS) is 10.2. The molecule has 0 fully saturated rings. The maximum Gasteiger partial charge on any atom is 0.210 e. The van der Waals surface area contributed by atoms with E-state index in [4.69, 9.17) is 5.73 Å². The lowest BCUT2D eigenvalue weighted by Crippen LogP contribution is -1.94. The van der Waals surface area contributed by atoms with Crippen LogP contribution < -0.4 is 5.73 Å². The van der Waals surface area contributed by atoms with Crippen molar-refractivity contribution in [3.8, 4) is 5.13 Å². The number of thiazole rings is 1. The molecule has 0 spiro atoms. The molecule has 2 aromatic heterocycles. The molecule has 0 unspecified atom stereocenters. The summed E-state index contributed by atoms with van der Waals surface area (Å²) in [4.78, 5) is 4.06. The quantitative estimate of drug-likeness (QED) is 0.685. The Bertz CT molecular complexity index is 337. The van der Waals surface area contributed by atoms with Crippen molar-refractivity contribution in [2.45, 2.75) is 0 Å². The van der Waals surface area contributed by atoms with Crippen LogP contribution in [0.5, 0.6) is 0 Å². The van der Waals surface area contributed by atoms with Crippen LogP contribution in [0.4, 0.5) is 5.82 Å². The Kier molecular flexibility index (Phi) is 1.36. The molecule has 4 nitrogen and oxygen atoms in total. The topological polar surface area (TPSA) is 56.7 Å². The van der Waals surface area contributed by atoms with Crippen LogP contribution in [0.25, 0.3) is 5.13 Å². The number of nitrogens with zero attached hydrogens (tertiary/aromatic N) is 3. The SMILES string of the molecule is Nc1ccn(-c2nccs2)n1. The van der Waals surface area contributed by atoms with E-state index in [1.807, 2.05) is 5.38 Å². The van der Waals surface area contributed by atoms with Crippen LogP contribution in [0.15, 0.2) is 23.8 Å². The number of nitrogen functional groups attached to an aromatic ring is 1. The number of aromatic nitrogens is 3. The molecule has 0 aromatic carbocycles. The smallest absolute Gasteiger partial charge is 0.210 e. The highest BCUT2D eigenvalue weighted by Gasteiger charge is 1.98. The maximum atomic E-state index is 5.43. The molecule has 0 amide bonds. The summed E-state index contributed by atoms with van der Waals surface area (Å²) in [6.07, 6.45) is 3.52. The molecule has 0 saturated heterocycles. The van der Waals surface area contributed by atoms with Gasteiger partial charge in [0.1, 0.15) is 5.82 Å². The van der Waals surface area contributed by atoms with Gasteiger partial charge in [-0.05, 0) is 0 Å². The van der Waals surface area contributed by atoms with Crippen LogP contribution >= 0.6 is 11.3 Å². The third kappa shape index (κ3) is 1.10. The van der Waals surface area contributed by atoms with Gasteiger partial charge in [0.2, 0.25) is 5.13 Å².